The van der Waals surface area contributed by atoms with E-state index >= 15 is 0 Å². The summed E-state index contributed by atoms with van der Waals surface area (Å²) in [6.45, 7) is 5.04. The van der Waals surface area contributed by atoms with E-state index in [0.29, 0.717) is 11.7 Å². The van der Waals surface area contributed by atoms with Crippen LogP contribution in [-0.2, 0) is 13.0 Å². The zero-order valence-electron chi connectivity index (χ0n) is 18.7. The van der Waals surface area contributed by atoms with Crippen LogP contribution in [-0.4, -0.2) is 27.6 Å². The second-order valence-corrected chi connectivity index (χ2v) is 8.95. The number of nitrogens with zero attached hydrogens (tertiary/aromatic N) is 3. The number of nitrogens with one attached hydrogen (secondary N) is 1. The van der Waals surface area contributed by atoms with Gasteiger partial charge in [0.1, 0.15) is 11.3 Å². The third-order valence-electron chi connectivity index (χ3n) is 6.75. The van der Waals surface area contributed by atoms with Crippen LogP contribution in [0.5, 0.6) is 0 Å². The lowest BCUT2D eigenvalue weighted by atomic mass is 9.92. The highest BCUT2D eigenvalue weighted by atomic mass is 15.1. The number of fused-ring (bicyclic) bond motifs is 3. The van der Waals surface area contributed by atoms with Crippen molar-refractivity contribution in [3.8, 4) is 0 Å². The summed E-state index contributed by atoms with van der Waals surface area (Å²) in [5, 5.41) is 4.51. The van der Waals surface area contributed by atoms with E-state index in [1.165, 1.54) is 11.1 Å². The van der Waals surface area contributed by atoms with Gasteiger partial charge in [-0.25, -0.2) is 9.97 Å². The fourth-order valence-electron chi connectivity index (χ4n) is 4.88. The number of anilines is 1. The average Bonchev–Trinajstić information content (AvgIpc) is 3.47. The van der Waals surface area contributed by atoms with Gasteiger partial charge in [-0.2, -0.15) is 0 Å². The zero-order chi connectivity index (χ0) is 22.1. The molecule has 0 aliphatic carbocycles. The van der Waals surface area contributed by atoms with Crippen molar-refractivity contribution in [3.63, 3.8) is 0 Å². The molecule has 2 aromatic carbocycles. The number of para-hydroxylation sites is 1. The van der Waals surface area contributed by atoms with Gasteiger partial charge < -0.3 is 21.4 Å². The van der Waals surface area contributed by atoms with Crippen molar-refractivity contribution in [2.45, 2.75) is 45.2 Å². The molecular weight excluding hydrogens is 396 g/mol. The van der Waals surface area contributed by atoms with E-state index in [-0.39, 0.29) is 6.04 Å². The number of rotatable bonds is 7. The maximum atomic E-state index is 6.54. The molecule has 5 N–H and O–H groups in total. The van der Waals surface area contributed by atoms with Crippen molar-refractivity contribution in [1.82, 2.24) is 19.9 Å². The van der Waals surface area contributed by atoms with Gasteiger partial charge in [-0.1, -0.05) is 55.8 Å². The number of hydrogen-bond acceptors (Lipinski definition) is 5. The highest BCUT2D eigenvalue weighted by Gasteiger charge is 2.23. The highest BCUT2D eigenvalue weighted by molar-refractivity contribution is 6.06. The van der Waals surface area contributed by atoms with Crippen LogP contribution in [0.15, 0.2) is 48.5 Å². The van der Waals surface area contributed by atoms with Crippen LogP contribution in [0.2, 0.25) is 0 Å². The summed E-state index contributed by atoms with van der Waals surface area (Å²) < 4.78 is 2.33. The van der Waals surface area contributed by atoms with Crippen molar-refractivity contribution in [1.29, 1.82) is 0 Å². The van der Waals surface area contributed by atoms with Crippen molar-refractivity contribution in [2.24, 2.45) is 11.7 Å². The van der Waals surface area contributed by atoms with Crippen molar-refractivity contribution < 1.29 is 0 Å². The second kappa shape index (κ2) is 8.88. The Hall–Kier alpha value is -2.96. The van der Waals surface area contributed by atoms with Crippen LogP contribution in [0.25, 0.3) is 21.9 Å². The fourth-order valence-corrected chi connectivity index (χ4v) is 4.88. The lowest BCUT2D eigenvalue weighted by Crippen LogP contribution is -2.23. The number of benzene rings is 2. The molecule has 1 aliphatic rings. The highest BCUT2D eigenvalue weighted by Crippen LogP contribution is 2.30. The van der Waals surface area contributed by atoms with Crippen LogP contribution < -0.4 is 16.8 Å². The van der Waals surface area contributed by atoms with E-state index in [1.54, 1.807) is 0 Å². The number of hydrogen-bond donors (Lipinski definition) is 3. The van der Waals surface area contributed by atoms with Crippen LogP contribution in [0.1, 0.15) is 49.2 Å². The van der Waals surface area contributed by atoms with Gasteiger partial charge in [0.2, 0.25) is 0 Å². The molecule has 2 unspecified atom stereocenters. The van der Waals surface area contributed by atoms with Gasteiger partial charge in [-0.3, -0.25) is 0 Å². The number of aryl methyl sites for hydroxylation is 1. The smallest absolute Gasteiger partial charge is 0.152 e. The summed E-state index contributed by atoms with van der Waals surface area (Å²) in [5.74, 6) is 2.09. The summed E-state index contributed by atoms with van der Waals surface area (Å²) in [6.07, 6.45) is 4.29. The van der Waals surface area contributed by atoms with E-state index in [4.69, 9.17) is 16.5 Å². The summed E-state index contributed by atoms with van der Waals surface area (Å²) >= 11 is 0. The minimum Gasteiger partial charge on any atom is -0.382 e. The summed E-state index contributed by atoms with van der Waals surface area (Å²) in [5.41, 5.74) is 18.1. The molecular formula is C26H32N6. The first-order chi connectivity index (χ1) is 15.7. The molecule has 1 fully saturated rings. The molecule has 5 rings (SSSR count). The predicted molar refractivity (Wildman–Crippen MR) is 132 cm³/mol. The molecule has 0 amide bonds. The van der Waals surface area contributed by atoms with Crippen LogP contribution >= 0.6 is 0 Å². The number of aromatic nitrogens is 3. The molecule has 0 saturated carbocycles. The Bertz CT molecular complexity index is 1220. The van der Waals surface area contributed by atoms with Crippen molar-refractivity contribution in [2.75, 3.05) is 18.8 Å². The minimum atomic E-state index is 0.0862. The molecule has 2 atom stereocenters. The maximum Gasteiger partial charge on any atom is 0.152 e. The molecule has 6 heteroatoms. The lowest BCUT2D eigenvalue weighted by molar-refractivity contribution is 0.470. The summed E-state index contributed by atoms with van der Waals surface area (Å²) in [4.78, 5) is 9.54. The predicted octanol–water partition coefficient (Wildman–Crippen LogP) is 4.17. The van der Waals surface area contributed by atoms with E-state index in [0.717, 1.165) is 73.1 Å². The summed E-state index contributed by atoms with van der Waals surface area (Å²) in [7, 11) is 0. The van der Waals surface area contributed by atoms with Crippen molar-refractivity contribution in [3.05, 3.63) is 65.5 Å². The molecule has 3 heterocycles. The average molecular weight is 429 g/mol. The first-order valence-corrected chi connectivity index (χ1v) is 11.7. The number of unbranched alkanes of at least 4 members (excludes halogenated alkanes) is 1. The lowest BCUT2D eigenvalue weighted by Gasteiger charge is -2.19. The Balaban J connectivity index is 1.53. The number of nitrogens with two attached hydrogens (primary N) is 2. The van der Waals surface area contributed by atoms with Gasteiger partial charge >= 0.3 is 0 Å². The van der Waals surface area contributed by atoms with E-state index < -0.39 is 0 Å². The molecule has 0 bridgehead atoms. The molecule has 6 nitrogen and oxygen atoms in total. The van der Waals surface area contributed by atoms with Crippen LogP contribution in [0.3, 0.4) is 0 Å². The Morgan fingerprint density at radius 3 is 2.69 bits per heavy atom. The molecule has 1 saturated heterocycles. The third kappa shape index (κ3) is 3.85. The van der Waals surface area contributed by atoms with Gasteiger partial charge in [0.05, 0.1) is 11.0 Å². The Kier molecular flexibility index (Phi) is 5.81. The molecule has 0 radical (unpaired) electrons. The zero-order valence-corrected chi connectivity index (χ0v) is 18.7. The number of pyridine rings is 1. The number of imidazole rings is 1. The van der Waals surface area contributed by atoms with E-state index in [9.17, 15) is 0 Å². The normalized spacial score (nSPS) is 17.4. The van der Waals surface area contributed by atoms with Gasteiger partial charge in [0.25, 0.3) is 0 Å². The third-order valence-corrected chi connectivity index (χ3v) is 6.75. The topological polar surface area (TPSA) is 94.8 Å². The SMILES string of the molecule is CCCCc1nc2c(N)nc3ccccc3c2n1Cc1ccc(C(N)C2CCNC2)cc1. The van der Waals surface area contributed by atoms with E-state index in [2.05, 4.69) is 58.2 Å². The standard InChI is InChI=1S/C26H32N6/c1-2-3-8-22-31-24-25(20-6-4-5-7-21(20)30-26(24)28)32(22)16-17-9-11-18(12-10-17)23(27)19-13-14-29-15-19/h4-7,9-12,19,23,29H,2-3,8,13-16,27H2,1H3,(H2,28,30). The molecule has 0 spiro atoms. The van der Waals surface area contributed by atoms with Crippen molar-refractivity contribution >= 4 is 27.8 Å². The first-order valence-electron chi connectivity index (χ1n) is 11.7. The molecule has 32 heavy (non-hydrogen) atoms. The van der Waals surface area contributed by atoms with Gasteiger partial charge in [-0.05, 0) is 49.0 Å². The molecule has 2 aromatic heterocycles. The van der Waals surface area contributed by atoms with Crippen LogP contribution in [0, 0.1) is 5.92 Å². The van der Waals surface area contributed by atoms with Crippen LogP contribution in [0.4, 0.5) is 5.82 Å². The summed E-state index contributed by atoms with van der Waals surface area (Å²) in [6, 6.07) is 17.1. The largest absolute Gasteiger partial charge is 0.382 e. The monoisotopic (exact) mass is 428 g/mol. The molecule has 4 aromatic rings. The van der Waals surface area contributed by atoms with Gasteiger partial charge in [0.15, 0.2) is 5.82 Å². The maximum absolute atomic E-state index is 6.54. The molecule has 1 aliphatic heterocycles. The molecule has 166 valence electrons. The minimum absolute atomic E-state index is 0.0862. The number of nitrogen functional groups attached to an aromatic ring is 1. The Labute approximate surface area is 189 Å². The van der Waals surface area contributed by atoms with Gasteiger partial charge in [-0.15, -0.1) is 0 Å². The Morgan fingerprint density at radius 2 is 1.94 bits per heavy atom. The fraction of sp³-hybridized carbons (Fsp3) is 0.385. The first kappa shape index (κ1) is 20.9. The van der Waals surface area contributed by atoms with Gasteiger partial charge in [0, 0.05) is 24.4 Å². The quantitative estimate of drug-likeness (QED) is 0.411. The second-order valence-electron chi connectivity index (χ2n) is 8.95. The van der Waals surface area contributed by atoms with E-state index in [1.807, 2.05) is 12.1 Å². The Morgan fingerprint density at radius 1 is 1.12 bits per heavy atom.